The van der Waals surface area contributed by atoms with Gasteiger partial charge in [0.2, 0.25) is 0 Å². The lowest BCUT2D eigenvalue weighted by molar-refractivity contribution is -0.0945. The molecule has 3 rings (SSSR count). The van der Waals surface area contributed by atoms with Gasteiger partial charge in [-0.05, 0) is 37.1 Å². The summed E-state index contributed by atoms with van der Waals surface area (Å²) in [5.41, 5.74) is 4.79. The Bertz CT molecular complexity index is 858. The second kappa shape index (κ2) is 6.34. The summed E-state index contributed by atoms with van der Waals surface area (Å²) < 4.78 is 40.3. The molecule has 0 N–H and O–H groups in total. The molecule has 0 fully saturated rings. The van der Waals surface area contributed by atoms with Gasteiger partial charge in [0, 0.05) is 38.0 Å². The molecule has 0 saturated carbocycles. The first-order valence-electron chi connectivity index (χ1n) is 8.36. The number of anilines is 1. The third-order valence-corrected chi connectivity index (χ3v) is 4.91. The van der Waals surface area contributed by atoms with Crippen molar-refractivity contribution < 1.29 is 13.2 Å². The number of aliphatic imine (C=N–C) groups is 1. The fourth-order valence-corrected chi connectivity index (χ4v) is 3.34. The molecule has 1 aliphatic carbocycles. The van der Waals surface area contributed by atoms with Crippen LogP contribution in [0.4, 0.5) is 18.9 Å². The lowest BCUT2D eigenvalue weighted by Gasteiger charge is -2.33. The number of hydrogen-bond acceptors (Lipinski definition) is 3. The van der Waals surface area contributed by atoms with Crippen molar-refractivity contribution in [2.45, 2.75) is 26.1 Å². The summed E-state index contributed by atoms with van der Waals surface area (Å²) in [6, 6.07) is 3.08. The predicted molar refractivity (Wildman–Crippen MR) is 100 cm³/mol. The smallest absolute Gasteiger partial charge is 0.378 e. The Hall–Kier alpha value is -2.50. The summed E-state index contributed by atoms with van der Waals surface area (Å²) >= 11 is 0. The average molecular weight is 361 g/mol. The molecule has 0 bridgehead atoms. The van der Waals surface area contributed by atoms with E-state index in [0.717, 1.165) is 34.2 Å². The van der Waals surface area contributed by atoms with E-state index in [1.165, 1.54) is 12.4 Å². The first kappa shape index (κ1) is 18.3. The highest BCUT2D eigenvalue weighted by atomic mass is 19.4. The summed E-state index contributed by atoms with van der Waals surface area (Å²) in [6.45, 7) is 4.02. The Labute approximate surface area is 151 Å². The molecule has 1 aromatic carbocycles. The normalized spacial score (nSPS) is 19.6. The lowest BCUT2D eigenvalue weighted by Crippen LogP contribution is -2.33. The Morgan fingerprint density at radius 1 is 1.15 bits per heavy atom. The molecule has 0 spiro atoms. The van der Waals surface area contributed by atoms with Crippen molar-refractivity contribution in [1.29, 1.82) is 0 Å². The van der Waals surface area contributed by atoms with Crippen LogP contribution in [0.1, 0.15) is 16.7 Å². The van der Waals surface area contributed by atoms with E-state index >= 15 is 0 Å². The topological polar surface area (TPSA) is 18.8 Å². The van der Waals surface area contributed by atoms with E-state index in [1.54, 1.807) is 11.0 Å². The molecule has 138 valence electrons. The zero-order chi connectivity index (χ0) is 19.2. The van der Waals surface area contributed by atoms with Crippen LogP contribution in [0, 0.1) is 13.8 Å². The number of alkyl halides is 3. The van der Waals surface area contributed by atoms with Crippen LogP contribution in [0.25, 0.3) is 5.70 Å². The number of fused-ring (bicyclic) bond motifs is 1. The Morgan fingerprint density at radius 3 is 2.46 bits per heavy atom. The number of nitrogens with zero attached hydrogens (tertiary/aromatic N) is 3. The highest BCUT2D eigenvalue weighted by Crippen LogP contribution is 2.41. The van der Waals surface area contributed by atoms with E-state index in [0.29, 0.717) is 5.57 Å². The highest BCUT2D eigenvalue weighted by Gasteiger charge is 2.42. The zero-order valence-corrected chi connectivity index (χ0v) is 15.5. The summed E-state index contributed by atoms with van der Waals surface area (Å²) in [7, 11) is 5.72. The van der Waals surface area contributed by atoms with Gasteiger partial charge in [0.15, 0.2) is 0 Å². The van der Waals surface area contributed by atoms with Gasteiger partial charge in [0.1, 0.15) is 6.04 Å². The monoisotopic (exact) mass is 361 g/mol. The molecule has 1 aromatic rings. The van der Waals surface area contributed by atoms with E-state index in [-0.39, 0.29) is 0 Å². The van der Waals surface area contributed by atoms with Crippen LogP contribution < -0.4 is 4.90 Å². The van der Waals surface area contributed by atoms with Crippen LogP contribution in [0.3, 0.4) is 0 Å². The van der Waals surface area contributed by atoms with E-state index < -0.39 is 17.8 Å². The molecule has 0 radical (unpaired) electrons. The van der Waals surface area contributed by atoms with Crippen LogP contribution in [-0.2, 0) is 0 Å². The number of rotatable bonds is 2. The predicted octanol–water partition coefficient (Wildman–Crippen LogP) is 4.48. The van der Waals surface area contributed by atoms with Gasteiger partial charge >= 0.3 is 6.18 Å². The fourth-order valence-electron chi connectivity index (χ4n) is 3.34. The summed E-state index contributed by atoms with van der Waals surface area (Å²) in [4.78, 5) is 7.95. The van der Waals surface area contributed by atoms with E-state index in [9.17, 15) is 13.2 Å². The quantitative estimate of drug-likeness (QED) is 0.773. The molecule has 0 saturated heterocycles. The summed E-state index contributed by atoms with van der Waals surface area (Å²) in [5, 5.41) is 0. The molecular formula is C20H22F3N3. The molecule has 6 heteroatoms. The first-order valence-corrected chi connectivity index (χ1v) is 8.36. The lowest BCUT2D eigenvalue weighted by atomic mass is 9.87. The maximum atomic E-state index is 13.4. The highest BCUT2D eigenvalue weighted by molar-refractivity contribution is 5.86. The molecule has 0 aromatic heterocycles. The van der Waals surface area contributed by atoms with Crippen LogP contribution in [0.5, 0.6) is 0 Å². The second-order valence-electron chi connectivity index (χ2n) is 6.89. The summed E-state index contributed by atoms with van der Waals surface area (Å²) in [6.07, 6.45) is 1.39. The third-order valence-electron chi connectivity index (χ3n) is 4.91. The Kier molecular flexibility index (Phi) is 4.46. The van der Waals surface area contributed by atoms with Gasteiger partial charge in [-0.3, -0.25) is 4.99 Å². The number of benzene rings is 1. The largest absolute Gasteiger partial charge is 0.415 e. The molecule has 1 heterocycles. The molecule has 2 aliphatic rings. The molecule has 26 heavy (non-hydrogen) atoms. The van der Waals surface area contributed by atoms with Crippen molar-refractivity contribution in [3.63, 3.8) is 0 Å². The number of allylic oxidation sites excluding steroid dienone is 2. The number of aryl methyl sites for hydroxylation is 1. The van der Waals surface area contributed by atoms with Crippen LogP contribution in [-0.4, -0.2) is 44.6 Å². The second-order valence-corrected chi connectivity index (χ2v) is 6.89. The van der Waals surface area contributed by atoms with Crippen molar-refractivity contribution in [2.75, 3.05) is 26.0 Å². The maximum Gasteiger partial charge on any atom is 0.415 e. The Morgan fingerprint density at radius 2 is 1.85 bits per heavy atom. The van der Waals surface area contributed by atoms with Crippen molar-refractivity contribution >= 4 is 17.7 Å². The van der Waals surface area contributed by atoms with Crippen LogP contribution in [0.2, 0.25) is 0 Å². The standard InChI is InChI=1S/C20H22F3N3/c1-12-9-14(25(3)4)10-16(13(12)2)19-15-7-6-8-17(20(21,22)23)18(15)24-11-26(19)5/h6-11,18H,1-5H3. The molecule has 3 nitrogen and oxygen atoms in total. The first-order chi connectivity index (χ1) is 12.1. The van der Waals surface area contributed by atoms with Crippen molar-refractivity contribution in [3.8, 4) is 0 Å². The maximum absolute atomic E-state index is 13.4. The minimum Gasteiger partial charge on any atom is -0.378 e. The van der Waals surface area contributed by atoms with Crippen LogP contribution >= 0.6 is 0 Å². The van der Waals surface area contributed by atoms with Gasteiger partial charge in [-0.25, -0.2) is 0 Å². The van der Waals surface area contributed by atoms with Crippen LogP contribution in [0.15, 0.2) is 46.5 Å². The van der Waals surface area contributed by atoms with Crippen molar-refractivity contribution in [2.24, 2.45) is 4.99 Å². The van der Waals surface area contributed by atoms with E-state index in [2.05, 4.69) is 11.1 Å². The van der Waals surface area contributed by atoms with Crippen molar-refractivity contribution in [3.05, 3.63) is 58.2 Å². The van der Waals surface area contributed by atoms with E-state index in [4.69, 9.17) is 0 Å². The van der Waals surface area contributed by atoms with Gasteiger partial charge in [0.05, 0.1) is 17.6 Å². The van der Waals surface area contributed by atoms with E-state index in [1.807, 2.05) is 46.0 Å². The number of halogens is 3. The summed E-state index contributed by atoms with van der Waals surface area (Å²) in [5.74, 6) is 0. The fraction of sp³-hybridized carbons (Fsp3) is 0.350. The number of hydrogen-bond donors (Lipinski definition) is 0. The minimum atomic E-state index is -4.41. The van der Waals surface area contributed by atoms with Gasteiger partial charge in [0.25, 0.3) is 0 Å². The third kappa shape index (κ3) is 3.04. The zero-order valence-electron chi connectivity index (χ0n) is 15.5. The molecule has 1 unspecified atom stereocenters. The average Bonchev–Trinajstić information content (AvgIpc) is 2.56. The van der Waals surface area contributed by atoms with Gasteiger partial charge in [-0.1, -0.05) is 18.2 Å². The van der Waals surface area contributed by atoms with Crippen molar-refractivity contribution in [1.82, 2.24) is 4.90 Å². The molecule has 1 aliphatic heterocycles. The molecular weight excluding hydrogens is 339 g/mol. The van der Waals surface area contributed by atoms with Gasteiger partial charge in [-0.2, -0.15) is 13.2 Å². The minimum absolute atomic E-state index is 0.572. The molecule has 0 amide bonds. The van der Waals surface area contributed by atoms with Gasteiger partial charge < -0.3 is 9.80 Å². The SMILES string of the molecule is Cc1cc(N(C)C)cc(C2=C3C=CC=C(C(F)(F)F)C3N=CN2C)c1C. The molecule has 1 atom stereocenters. The Balaban J connectivity index is 2.23. The van der Waals surface area contributed by atoms with Gasteiger partial charge in [-0.15, -0.1) is 0 Å².